The molecule has 1 aromatic rings. The van der Waals surface area contributed by atoms with Gasteiger partial charge >= 0.3 is 6.18 Å². The highest BCUT2D eigenvalue weighted by atomic mass is 32.2. The molecule has 0 bridgehead atoms. The van der Waals surface area contributed by atoms with Crippen LogP contribution >= 0.6 is 0 Å². The van der Waals surface area contributed by atoms with E-state index in [1.54, 1.807) is 0 Å². The molecule has 0 spiro atoms. The van der Waals surface area contributed by atoms with Crippen LogP contribution in [0.25, 0.3) is 0 Å². The maximum Gasteiger partial charge on any atom is 0.450 e. The van der Waals surface area contributed by atoms with Gasteiger partial charge in [-0.05, 0) is 6.92 Å². The molecule has 1 aromatic heterocycles. The summed E-state index contributed by atoms with van der Waals surface area (Å²) in [6.45, 7) is 1.26. The molecule has 18 heavy (non-hydrogen) atoms. The molecule has 0 aromatic carbocycles. The first-order valence-corrected chi connectivity index (χ1v) is 6.58. The molecule has 1 unspecified atom stereocenters. The lowest BCUT2D eigenvalue weighted by molar-refractivity contribution is -0.170. The van der Waals surface area contributed by atoms with E-state index in [1.165, 1.54) is 6.92 Å². The smallest absolute Gasteiger partial charge is 0.339 e. The van der Waals surface area contributed by atoms with E-state index >= 15 is 0 Å². The third-order valence-corrected chi connectivity index (χ3v) is 3.61. The minimum absolute atomic E-state index is 0.275. The Kier molecular flexibility index (Phi) is 3.79. The molecule has 0 aliphatic carbocycles. The van der Waals surface area contributed by atoms with E-state index in [2.05, 4.69) is 14.7 Å². The van der Waals surface area contributed by atoms with Crippen molar-refractivity contribution < 1.29 is 30.9 Å². The van der Waals surface area contributed by atoms with Gasteiger partial charge in [-0.1, -0.05) is 5.16 Å². The van der Waals surface area contributed by atoms with E-state index in [-0.39, 0.29) is 5.82 Å². The zero-order valence-electron chi connectivity index (χ0n) is 9.35. The van der Waals surface area contributed by atoms with Crippen LogP contribution in [0.2, 0.25) is 0 Å². The van der Waals surface area contributed by atoms with Crippen molar-refractivity contribution in [1.82, 2.24) is 10.1 Å². The van der Waals surface area contributed by atoms with Crippen LogP contribution in [-0.2, 0) is 21.1 Å². The van der Waals surface area contributed by atoms with Crippen molar-refractivity contribution in [3.8, 4) is 0 Å². The van der Waals surface area contributed by atoms with Crippen LogP contribution in [0.3, 0.4) is 0 Å². The lowest BCUT2D eigenvalue weighted by atomic mass is 10.3. The molecule has 1 heterocycles. The predicted octanol–water partition coefficient (Wildman–Crippen LogP) is 0.849. The number of halogens is 3. The molecular weight excluding hydrogens is 277 g/mol. The van der Waals surface area contributed by atoms with E-state index < -0.39 is 39.4 Å². The van der Waals surface area contributed by atoms with Gasteiger partial charge < -0.3 is 4.52 Å². The third-order valence-electron chi connectivity index (χ3n) is 2.12. The lowest BCUT2D eigenvalue weighted by Gasteiger charge is -2.02. The highest BCUT2D eigenvalue weighted by Crippen LogP contribution is 2.20. The second-order valence-electron chi connectivity index (χ2n) is 3.62. The summed E-state index contributed by atoms with van der Waals surface area (Å²) < 4.78 is 62.6. The number of carbonyl (C=O) groups excluding carboxylic acids is 1. The van der Waals surface area contributed by atoms with Gasteiger partial charge in [-0.15, -0.1) is 0 Å². The van der Waals surface area contributed by atoms with Crippen molar-refractivity contribution >= 4 is 15.6 Å². The summed E-state index contributed by atoms with van der Waals surface area (Å²) >= 11 is 0. The Morgan fingerprint density at radius 2 is 2.00 bits per heavy atom. The number of rotatable bonds is 4. The SMILES string of the molecule is CC(c1noc(CC(=O)C(F)(F)F)n1)S(C)(=O)=O. The van der Waals surface area contributed by atoms with Crippen LogP contribution in [0.4, 0.5) is 13.2 Å². The lowest BCUT2D eigenvalue weighted by Crippen LogP contribution is -2.24. The standard InChI is InChI=1S/C8H9F3N2O4S/c1-4(18(2,15)16)7-12-6(17-13-7)3-5(14)8(9,10)11/h4H,3H2,1-2H3. The Bertz CT molecular complexity index is 549. The normalized spacial score (nSPS) is 14.5. The number of hydrogen-bond acceptors (Lipinski definition) is 6. The van der Waals surface area contributed by atoms with E-state index in [0.29, 0.717) is 0 Å². The molecule has 1 rings (SSSR count). The predicted molar refractivity (Wildman–Crippen MR) is 52.3 cm³/mol. The summed E-state index contributed by atoms with van der Waals surface area (Å²) in [5.41, 5.74) is 0. The van der Waals surface area contributed by atoms with Crippen molar-refractivity contribution in [3.05, 3.63) is 11.7 Å². The quantitative estimate of drug-likeness (QED) is 0.815. The molecule has 0 N–H and O–H groups in total. The van der Waals surface area contributed by atoms with Crippen molar-refractivity contribution in [1.29, 1.82) is 0 Å². The van der Waals surface area contributed by atoms with Crippen molar-refractivity contribution in [2.24, 2.45) is 0 Å². The van der Waals surface area contributed by atoms with E-state index in [1.807, 2.05) is 0 Å². The van der Waals surface area contributed by atoms with Gasteiger partial charge in [0.1, 0.15) is 5.25 Å². The molecular formula is C8H9F3N2O4S. The minimum Gasteiger partial charge on any atom is -0.339 e. The number of sulfone groups is 1. The molecule has 0 fully saturated rings. The summed E-state index contributed by atoms with van der Waals surface area (Å²) in [4.78, 5) is 14.1. The van der Waals surface area contributed by atoms with Crippen molar-refractivity contribution in [2.45, 2.75) is 24.8 Å². The molecule has 0 aliphatic heterocycles. The highest BCUT2D eigenvalue weighted by Gasteiger charge is 2.39. The van der Waals surface area contributed by atoms with Crippen molar-refractivity contribution in [2.75, 3.05) is 6.26 Å². The van der Waals surface area contributed by atoms with Gasteiger partial charge in [0.25, 0.3) is 0 Å². The maximum absolute atomic E-state index is 12.0. The van der Waals surface area contributed by atoms with Gasteiger partial charge in [-0.25, -0.2) is 8.42 Å². The Morgan fingerprint density at radius 1 is 1.44 bits per heavy atom. The molecule has 0 saturated heterocycles. The monoisotopic (exact) mass is 286 g/mol. The van der Waals surface area contributed by atoms with Crippen LogP contribution in [-0.4, -0.2) is 36.8 Å². The molecule has 6 nitrogen and oxygen atoms in total. The Labute approximate surface area is 100 Å². The maximum atomic E-state index is 12.0. The second-order valence-corrected chi connectivity index (χ2v) is 5.98. The van der Waals surface area contributed by atoms with Crippen LogP contribution in [0.15, 0.2) is 4.52 Å². The molecule has 0 aliphatic rings. The van der Waals surface area contributed by atoms with Crippen LogP contribution < -0.4 is 0 Å². The van der Waals surface area contributed by atoms with Gasteiger partial charge in [0.05, 0.1) is 6.42 Å². The van der Waals surface area contributed by atoms with Crippen molar-refractivity contribution in [3.63, 3.8) is 0 Å². The van der Waals surface area contributed by atoms with Gasteiger partial charge in [0.2, 0.25) is 11.7 Å². The largest absolute Gasteiger partial charge is 0.450 e. The van der Waals surface area contributed by atoms with Gasteiger partial charge in [0.15, 0.2) is 15.7 Å². The molecule has 102 valence electrons. The van der Waals surface area contributed by atoms with E-state index in [4.69, 9.17) is 0 Å². The number of alkyl halides is 3. The number of hydrogen-bond donors (Lipinski definition) is 0. The number of carbonyl (C=O) groups is 1. The molecule has 0 radical (unpaired) electrons. The van der Waals surface area contributed by atoms with Crippen LogP contribution in [0.1, 0.15) is 23.9 Å². The fraction of sp³-hybridized carbons (Fsp3) is 0.625. The van der Waals surface area contributed by atoms with Gasteiger partial charge in [-0.2, -0.15) is 18.2 Å². The highest BCUT2D eigenvalue weighted by molar-refractivity contribution is 7.90. The Hall–Kier alpha value is -1.45. The number of Topliss-reactive ketones (excluding diaryl/α,β-unsaturated/α-hetero) is 1. The van der Waals surface area contributed by atoms with E-state index in [9.17, 15) is 26.4 Å². The topological polar surface area (TPSA) is 90.1 Å². The fourth-order valence-corrected chi connectivity index (χ4v) is 1.41. The molecule has 0 saturated carbocycles. The zero-order chi connectivity index (χ0) is 14.1. The molecule has 0 amide bonds. The van der Waals surface area contributed by atoms with Gasteiger partial charge in [-0.3, -0.25) is 4.79 Å². The number of ketones is 1. The third kappa shape index (κ3) is 3.52. The molecule has 1 atom stereocenters. The average molecular weight is 286 g/mol. The Balaban J connectivity index is 2.86. The zero-order valence-corrected chi connectivity index (χ0v) is 10.2. The van der Waals surface area contributed by atoms with E-state index in [0.717, 1.165) is 6.26 Å². The average Bonchev–Trinajstić information content (AvgIpc) is 2.62. The fourth-order valence-electron chi connectivity index (χ4n) is 0.934. The first-order chi connectivity index (χ1) is 8.01. The number of aromatic nitrogens is 2. The molecule has 10 heteroatoms. The van der Waals surface area contributed by atoms with Crippen LogP contribution in [0.5, 0.6) is 0 Å². The Morgan fingerprint density at radius 3 is 2.44 bits per heavy atom. The minimum atomic E-state index is -4.99. The number of nitrogens with zero attached hydrogens (tertiary/aromatic N) is 2. The first-order valence-electron chi connectivity index (χ1n) is 4.63. The summed E-state index contributed by atoms with van der Waals surface area (Å²) in [6.07, 6.45) is -5.17. The summed E-state index contributed by atoms with van der Waals surface area (Å²) in [5, 5.41) is 2.12. The summed E-state index contributed by atoms with van der Waals surface area (Å²) in [5.74, 6) is -2.88. The van der Waals surface area contributed by atoms with Gasteiger partial charge in [0, 0.05) is 6.26 Å². The summed E-state index contributed by atoms with van der Waals surface area (Å²) in [7, 11) is -3.49. The summed E-state index contributed by atoms with van der Waals surface area (Å²) in [6, 6.07) is 0. The second kappa shape index (κ2) is 4.67. The van der Waals surface area contributed by atoms with Crippen LogP contribution in [0, 0.1) is 0 Å². The first kappa shape index (κ1) is 14.6.